The van der Waals surface area contributed by atoms with Gasteiger partial charge in [0.2, 0.25) is 0 Å². The summed E-state index contributed by atoms with van der Waals surface area (Å²) >= 11 is 5.62. The van der Waals surface area contributed by atoms with Gasteiger partial charge in [0, 0.05) is 8.04 Å². The van der Waals surface area contributed by atoms with Gasteiger partial charge in [0.15, 0.2) is 0 Å². The van der Waals surface area contributed by atoms with Crippen LogP contribution in [0.5, 0.6) is 0 Å². The van der Waals surface area contributed by atoms with Gasteiger partial charge in [-0.3, -0.25) is 0 Å². The average Bonchev–Trinajstić information content (AvgIpc) is 2.36. The molecule has 0 spiro atoms. The minimum atomic E-state index is -0.256. The number of hydrogen-bond donors (Lipinski definition) is 2. The number of carbonyl (C=O) groups is 1. The molecule has 3 nitrogen and oxygen atoms in total. The number of benzene rings is 2. The number of rotatable bonds is 2. The zero-order chi connectivity index (χ0) is 13.8. The van der Waals surface area contributed by atoms with Crippen LogP contribution in [0, 0.1) is 10.5 Å². The summed E-state index contributed by atoms with van der Waals surface area (Å²) in [7, 11) is 0. The smallest absolute Gasteiger partial charge is 0.307 e. The van der Waals surface area contributed by atoms with Crippen LogP contribution in [0.2, 0.25) is 0 Å². The minimum absolute atomic E-state index is 0.256. The maximum Gasteiger partial charge on any atom is 0.323 e. The van der Waals surface area contributed by atoms with Gasteiger partial charge in [-0.15, -0.1) is 0 Å². The van der Waals surface area contributed by atoms with Crippen LogP contribution in [-0.2, 0) is 0 Å². The van der Waals surface area contributed by atoms with Crippen molar-refractivity contribution in [3.63, 3.8) is 0 Å². The lowest BCUT2D eigenvalue weighted by Crippen LogP contribution is -2.20. The molecule has 2 aromatic carbocycles. The third kappa shape index (κ3) is 3.94. The largest absolute Gasteiger partial charge is 0.323 e. The second kappa shape index (κ2) is 6.38. The average molecular weight is 431 g/mol. The Hall–Kier alpha value is -1.08. The van der Waals surface area contributed by atoms with Crippen molar-refractivity contribution in [2.45, 2.75) is 6.92 Å². The Kier molecular flexibility index (Phi) is 4.81. The maximum absolute atomic E-state index is 11.9. The molecule has 0 radical (unpaired) electrons. The molecule has 5 heteroatoms. The van der Waals surface area contributed by atoms with E-state index < -0.39 is 0 Å². The molecule has 0 fully saturated rings. The predicted octanol–water partition coefficient (Wildman–Crippen LogP) is 5.01. The van der Waals surface area contributed by atoms with E-state index in [0.29, 0.717) is 0 Å². The molecule has 0 atom stereocenters. The Bertz CT molecular complexity index is 616. The van der Waals surface area contributed by atoms with E-state index in [1.54, 1.807) is 0 Å². The van der Waals surface area contributed by atoms with E-state index in [1.807, 2.05) is 49.4 Å². The van der Waals surface area contributed by atoms with Crippen molar-refractivity contribution in [1.29, 1.82) is 0 Å². The number of amides is 2. The normalized spacial score (nSPS) is 10.1. The van der Waals surface area contributed by atoms with Crippen LogP contribution in [0.1, 0.15) is 5.56 Å². The van der Waals surface area contributed by atoms with E-state index >= 15 is 0 Å². The molecule has 0 aromatic heterocycles. The molecule has 0 bridgehead atoms. The number of urea groups is 1. The summed E-state index contributed by atoms with van der Waals surface area (Å²) in [5.41, 5.74) is 2.67. The van der Waals surface area contributed by atoms with Crippen molar-refractivity contribution in [3.8, 4) is 0 Å². The number of aryl methyl sites for hydroxylation is 1. The molecule has 0 unspecified atom stereocenters. The lowest BCUT2D eigenvalue weighted by atomic mass is 10.2. The molecule has 2 amide bonds. The monoisotopic (exact) mass is 430 g/mol. The summed E-state index contributed by atoms with van der Waals surface area (Å²) in [6.07, 6.45) is 0. The lowest BCUT2D eigenvalue weighted by Gasteiger charge is -2.10. The topological polar surface area (TPSA) is 41.1 Å². The van der Waals surface area contributed by atoms with Gasteiger partial charge in [0.05, 0.1) is 11.4 Å². The molecular weight excluding hydrogens is 419 g/mol. The zero-order valence-electron chi connectivity index (χ0n) is 10.2. The molecule has 98 valence electrons. The molecule has 0 aliphatic rings. The fraction of sp³-hybridized carbons (Fsp3) is 0.0714. The summed E-state index contributed by atoms with van der Waals surface area (Å²) in [6, 6.07) is 13.2. The summed E-state index contributed by atoms with van der Waals surface area (Å²) in [6.45, 7) is 2.00. The minimum Gasteiger partial charge on any atom is -0.307 e. The van der Waals surface area contributed by atoms with Crippen LogP contribution in [0.25, 0.3) is 0 Å². The van der Waals surface area contributed by atoms with E-state index in [9.17, 15) is 4.79 Å². The zero-order valence-corrected chi connectivity index (χ0v) is 13.9. The summed E-state index contributed by atoms with van der Waals surface area (Å²) in [5, 5.41) is 5.64. The summed E-state index contributed by atoms with van der Waals surface area (Å²) < 4.78 is 1.86. The van der Waals surface area contributed by atoms with Gasteiger partial charge in [-0.1, -0.05) is 18.2 Å². The van der Waals surface area contributed by atoms with E-state index in [-0.39, 0.29) is 6.03 Å². The van der Waals surface area contributed by atoms with Gasteiger partial charge >= 0.3 is 6.03 Å². The number of nitrogens with one attached hydrogen (secondary N) is 2. The Morgan fingerprint density at radius 2 is 1.79 bits per heavy atom. The third-order valence-electron chi connectivity index (χ3n) is 2.49. The molecule has 0 heterocycles. The van der Waals surface area contributed by atoms with Crippen LogP contribution in [0.15, 0.2) is 46.9 Å². The Morgan fingerprint density at radius 1 is 1.11 bits per heavy atom. The first kappa shape index (κ1) is 14.3. The second-order valence-corrected chi connectivity index (χ2v) is 6.06. The van der Waals surface area contributed by atoms with Crippen LogP contribution >= 0.6 is 38.5 Å². The molecular formula is C14H12BrIN2O. The first-order chi connectivity index (χ1) is 9.06. The number of anilines is 2. The maximum atomic E-state index is 11.9. The first-order valence-electron chi connectivity index (χ1n) is 5.65. The quantitative estimate of drug-likeness (QED) is 0.646. The van der Waals surface area contributed by atoms with Crippen molar-refractivity contribution in [2.24, 2.45) is 0 Å². The highest BCUT2D eigenvalue weighted by Gasteiger charge is 2.07. The van der Waals surface area contributed by atoms with Crippen molar-refractivity contribution in [1.82, 2.24) is 0 Å². The third-order valence-corrected chi connectivity index (χ3v) is 4.09. The van der Waals surface area contributed by atoms with Crippen molar-refractivity contribution in [2.75, 3.05) is 10.6 Å². The van der Waals surface area contributed by atoms with Crippen LogP contribution in [-0.4, -0.2) is 6.03 Å². The molecule has 0 saturated carbocycles. The number of halogens is 2. The molecule has 0 aliphatic heterocycles. The van der Waals surface area contributed by atoms with E-state index in [1.165, 1.54) is 0 Å². The van der Waals surface area contributed by atoms with Gasteiger partial charge in [0.1, 0.15) is 0 Å². The van der Waals surface area contributed by atoms with Gasteiger partial charge in [-0.25, -0.2) is 4.79 Å². The molecule has 19 heavy (non-hydrogen) atoms. The Morgan fingerprint density at radius 3 is 2.47 bits per heavy atom. The fourth-order valence-electron chi connectivity index (χ4n) is 1.56. The van der Waals surface area contributed by atoms with Crippen LogP contribution < -0.4 is 10.6 Å². The lowest BCUT2D eigenvalue weighted by molar-refractivity contribution is 0.262. The SMILES string of the molecule is Cc1ccc(NC(=O)Nc2ccccc2I)c(Br)c1. The van der Waals surface area contributed by atoms with Gasteiger partial charge < -0.3 is 10.6 Å². The highest BCUT2D eigenvalue weighted by atomic mass is 127. The Labute approximate surface area is 134 Å². The summed E-state index contributed by atoms with van der Waals surface area (Å²) in [4.78, 5) is 11.9. The molecule has 2 N–H and O–H groups in total. The van der Waals surface area contributed by atoms with Gasteiger partial charge in [-0.05, 0) is 75.3 Å². The van der Waals surface area contributed by atoms with E-state index in [0.717, 1.165) is 25.0 Å². The molecule has 2 aromatic rings. The summed E-state index contributed by atoms with van der Waals surface area (Å²) in [5.74, 6) is 0. The van der Waals surface area contributed by atoms with Crippen LogP contribution in [0.4, 0.5) is 16.2 Å². The van der Waals surface area contributed by atoms with Crippen molar-refractivity contribution >= 4 is 55.9 Å². The van der Waals surface area contributed by atoms with Crippen molar-refractivity contribution < 1.29 is 4.79 Å². The molecule has 0 saturated heterocycles. The highest BCUT2D eigenvalue weighted by Crippen LogP contribution is 2.24. The highest BCUT2D eigenvalue weighted by molar-refractivity contribution is 14.1. The fourth-order valence-corrected chi connectivity index (χ4v) is 2.67. The molecule has 2 rings (SSSR count). The first-order valence-corrected chi connectivity index (χ1v) is 7.52. The van der Waals surface area contributed by atoms with Crippen molar-refractivity contribution in [3.05, 3.63) is 56.1 Å². The predicted molar refractivity (Wildman–Crippen MR) is 90.7 cm³/mol. The number of hydrogen-bond acceptors (Lipinski definition) is 1. The van der Waals surface area contributed by atoms with E-state index in [4.69, 9.17) is 0 Å². The number of para-hydroxylation sites is 1. The van der Waals surface area contributed by atoms with E-state index in [2.05, 4.69) is 49.2 Å². The molecule has 0 aliphatic carbocycles. The number of carbonyl (C=O) groups excluding carboxylic acids is 1. The second-order valence-electron chi connectivity index (χ2n) is 4.04. The Balaban J connectivity index is 2.08. The standard InChI is InChI=1S/C14H12BrIN2O/c1-9-6-7-12(10(15)8-9)17-14(19)18-13-5-3-2-4-11(13)16/h2-8H,1H3,(H2,17,18,19). The van der Waals surface area contributed by atoms with Gasteiger partial charge in [0.25, 0.3) is 0 Å². The van der Waals surface area contributed by atoms with Gasteiger partial charge in [-0.2, -0.15) is 0 Å². The van der Waals surface area contributed by atoms with Crippen LogP contribution in [0.3, 0.4) is 0 Å².